The lowest BCUT2D eigenvalue weighted by molar-refractivity contribution is 0.137. The lowest BCUT2D eigenvalue weighted by Crippen LogP contribution is -2.46. The Labute approximate surface area is 162 Å². The highest BCUT2D eigenvalue weighted by Gasteiger charge is 2.24. The number of benzene rings is 1. The average molecular weight is 412 g/mol. The van der Waals surface area contributed by atoms with E-state index in [9.17, 15) is 22.0 Å². The van der Waals surface area contributed by atoms with Gasteiger partial charge >= 0.3 is 0 Å². The highest BCUT2D eigenvalue weighted by atomic mass is 19.3. The second kappa shape index (κ2) is 7.90. The fraction of sp³-hybridized carbons (Fsp3) is 0.389. The first-order valence-electron chi connectivity index (χ1n) is 8.97. The van der Waals surface area contributed by atoms with Crippen molar-refractivity contribution in [1.29, 1.82) is 0 Å². The van der Waals surface area contributed by atoms with E-state index >= 15 is 0 Å². The highest BCUT2D eigenvalue weighted by molar-refractivity contribution is 5.46. The summed E-state index contributed by atoms with van der Waals surface area (Å²) in [6.07, 6.45) is -5.67. The van der Waals surface area contributed by atoms with E-state index < -0.39 is 30.1 Å². The van der Waals surface area contributed by atoms with Crippen LogP contribution in [0.4, 0.5) is 27.8 Å². The highest BCUT2D eigenvalue weighted by Crippen LogP contribution is 2.27. The molecule has 1 fully saturated rings. The molecule has 1 aromatic carbocycles. The van der Waals surface area contributed by atoms with Crippen LogP contribution in [0.15, 0.2) is 30.3 Å². The van der Waals surface area contributed by atoms with Crippen molar-refractivity contribution in [2.75, 3.05) is 31.1 Å². The van der Waals surface area contributed by atoms with Crippen molar-refractivity contribution in [1.82, 2.24) is 24.7 Å². The first-order chi connectivity index (χ1) is 13.9. The maximum absolute atomic E-state index is 13.7. The zero-order valence-electron chi connectivity index (χ0n) is 15.2. The van der Waals surface area contributed by atoms with E-state index in [-0.39, 0.29) is 17.8 Å². The molecule has 0 radical (unpaired) electrons. The van der Waals surface area contributed by atoms with Crippen molar-refractivity contribution in [3.63, 3.8) is 0 Å². The SMILES string of the molecule is Fc1cccc(CN2CCN(c3ccc4nnc(C(F)F)n4n3)CC2)c1C(F)F. The molecule has 2 aromatic heterocycles. The molecular weight excluding hydrogens is 395 g/mol. The van der Waals surface area contributed by atoms with Crippen LogP contribution in [-0.2, 0) is 6.54 Å². The second-order valence-electron chi connectivity index (χ2n) is 6.70. The summed E-state index contributed by atoms with van der Waals surface area (Å²) >= 11 is 0. The van der Waals surface area contributed by atoms with Crippen molar-refractivity contribution in [2.45, 2.75) is 19.4 Å². The summed E-state index contributed by atoms with van der Waals surface area (Å²) in [5.74, 6) is -0.929. The van der Waals surface area contributed by atoms with Gasteiger partial charge in [-0.15, -0.1) is 15.3 Å². The number of fused-ring (bicyclic) bond motifs is 1. The Bertz CT molecular complexity index is 1000. The van der Waals surface area contributed by atoms with Crippen LogP contribution in [0.2, 0.25) is 0 Å². The van der Waals surface area contributed by atoms with Crippen molar-refractivity contribution in [2.24, 2.45) is 0 Å². The number of alkyl halides is 4. The number of piperazine rings is 1. The quantitative estimate of drug-likeness (QED) is 0.601. The molecule has 0 spiro atoms. The average Bonchev–Trinajstić information content (AvgIpc) is 3.12. The van der Waals surface area contributed by atoms with Crippen molar-refractivity contribution in [3.05, 3.63) is 53.1 Å². The number of rotatable bonds is 5. The van der Waals surface area contributed by atoms with E-state index in [0.29, 0.717) is 32.0 Å². The molecule has 0 saturated carbocycles. The molecule has 1 aliphatic rings. The van der Waals surface area contributed by atoms with Gasteiger partial charge in [0.25, 0.3) is 12.9 Å². The van der Waals surface area contributed by atoms with Crippen LogP contribution in [0, 0.1) is 5.82 Å². The number of halogens is 5. The third kappa shape index (κ3) is 3.86. The van der Waals surface area contributed by atoms with Gasteiger partial charge in [-0.1, -0.05) is 12.1 Å². The zero-order valence-corrected chi connectivity index (χ0v) is 15.2. The van der Waals surface area contributed by atoms with Gasteiger partial charge in [0, 0.05) is 32.7 Å². The minimum absolute atomic E-state index is 0.207. The Morgan fingerprint density at radius 3 is 2.34 bits per heavy atom. The molecule has 4 rings (SSSR count). The summed E-state index contributed by atoms with van der Waals surface area (Å²) in [4.78, 5) is 3.85. The van der Waals surface area contributed by atoms with E-state index in [0.717, 1.165) is 10.6 Å². The monoisotopic (exact) mass is 412 g/mol. The molecule has 29 heavy (non-hydrogen) atoms. The van der Waals surface area contributed by atoms with Gasteiger partial charge in [-0.05, 0) is 23.8 Å². The fourth-order valence-corrected chi connectivity index (χ4v) is 3.44. The van der Waals surface area contributed by atoms with Gasteiger partial charge in [0.1, 0.15) is 11.6 Å². The van der Waals surface area contributed by atoms with Crippen LogP contribution in [0.25, 0.3) is 5.65 Å². The fourth-order valence-electron chi connectivity index (χ4n) is 3.44. The summed E-state index contributed by atoms with van der Waals surface area (Å²) < 4.78 is 67.2. The Kier molecular flexibility index (Phi) is 5.31. The van der Waals surface area contributed by atoms with Gasteiger partial charge in [0.05, 0.1) is 5.56 Å². The number of hydrogen-bond donors (Lipinski definition) is 0. The largest absolute Gasteiger partial charge is 0.353 e. The maximum atomic E-state index is 13.7. The first-order valence-corrected chi connectivity index (χ1v) is 8.97. The van der Waals surface area contributed by atoms with Crippen LogP contribution < -0.4 is 4.90 Å². The maximum Gasteiger partial charge on any atom is 0.299 e. The Balaban J connectivity index is 1.46. The summed E-state index contributed by atoms with van der Waals surface area (Å²) in [5, 5.41) is 11.3. The summed E-state index contributed by atoms with van der Waals surface area (Å²) in [6.45, 7) is 2.30. The molecule has 1 aliphatic heterocycles. The molecule has 6 nitrogen and oxygen atoms in total. The molecule has 0 aliphatic carbocycles. The standard InChI is InChI=1S/C18H17F5N6/c19-12-3-1-2-11(15(12)16(20)21)10-27-6-8-28(9-7-27)14-5-4-13-24-25-18(17(22)23)29(13)26-14/h1-5,16-17H,6-10H2. The van der Waals surface area contributed by atoms with Gasteiger partial charge in [-0.3, -0.25) is 4.90 Å². The topological polar surface area (TPSA) is 49.6 Å². The zero-order chi connectivity index (χ0) is 20.5. The molecular formula is C18H17F5N6. The van der Waals surface area contributed by atoms with Gasteiger partial charge in [-0.2, -0.15) is 4.52 Å². The summed E-state index contributed by atoms with van der Waals surface area (Å²) in [5.41, 5.74) is -0.0680. The van der Waals surface area contributed by atoms with Crippen molar-refractivity contribution >= 4 is 11.5 Å². The third-order valence-electron chi connectivity index (χ3n) is 4.92. The number of nitrogens with zero attached hydrogens (tertiary/aromatic N) is 6. The van der Waals surface area contributed by atoms with E-state index in [2.05, 4.69) is 15.3 Å². The van der Waals surface area contributed by atoms with E-state index in [1.807, 2.05) is 9.80 Å². The molecule has 0 bridgehead atoms. The number of anilines is 1. The predicted octanol–water partition coefficient (Wildman–Crippen LogP) is 3.46. The van der Waals surface area contributed by atoms with Crippen LogP contribution >= 0.6 is 0 Å². The summed E-state index contributed by atoms with van der Waals surface area (Å²) in [7, 11) is 0. The normalized spacial score (nSPS) is 15.8. The molecule has 11 heteroatoms. The van der Waals surface area contributed by atoms with Crippen LogP contribution in [0.5, 0.6) is 0 Å². The molecule has 0 unspecified atom stereocenters. The predicted molar refractivity (Wildman–Crippen MR) is 94.6 cm³/mol. The van der Waals surface area contributed by atoms with Gasteiger partial charge < -0.3 is 4.90 Å². The lowest BCUT2D eigenvalue weighted by atomic mass is 10.1. The molecule has 0 atom stereocenters. The van der Waals surface area contributed by atoms with Gasteiger partial charge in [0.15, 0.2) is 5.65 Å². The van der Waals surface area contributed by atoms with E-state index in [1.165, 1.54) is 12.1 Å². The van der Waals surface area contributed by atoms with Gasteiger partial charge in [0.2, 0.25) is 5.82 Å². The minimum atomic E-state index is -2.88. The van der Waals surface area contributed by atoms with Crippen molar-refractivity contribution < 1.29 is 22.0 Å². The van der Waals surface area contributed by atoms with E-state index in [1.54, 1.807) is 12.1 Å². The smallest absolute Gasteiger partial charge is 0.299 e. The van der Waals surface area contributed by atoms with Gasteiger partial charge in [-0.25, -0.2) is 22.0 Å². The van der Waals surface area contributed by atoms with E-state index in [4.69, 9.17) is 0 Å². The Hall–Kier alpha value is -2.82. The molecule has 3 heterocycles. The Morgan fingerprint density at radius 1 is 0.897 bits per heavy atom. The lowest BCUT2D eigenvalue weighted by Gasteiger charge is -2.35. The van der Waals surface area contributed by atoms with Crippen molar-refractivity contribution in [3.8, 4) is 0 Å². The second-order valence-corrected chi connectivity index (χ2v) is 6.70. The minimum Gasteiger partial charge on any atom is -0.353 e. The molecule has 1 saturated heterocycles. The molecule has 0 N–H and O–H groups in total. The third-order valence-corrected chi connectivity index (χ3v) is 4.92. The molecule has 0 amide bonds. The first kappa shape index (κ1) is 19.5. The van der Waals surface area contributed by atoms with Crippen LogP contribution in [0.1, 0.15) is 29.8 Å². The van der Waals surface area contributed by atoms with Crippen LogP contribution in [0.3, 0.4) is 0 Å². The number of aromatic nitrogens is 4. The Morgan fingerprint density at radius 2 is 1.66 bits per heavy atom. The molecule has 154 valence electrons. The summed E-state index contributed by atoms with van der Waals surface area (Å²) in [6, 6.07) is 7.20. The number of hydrogen-bond acceptors (Lipinski definition) is 5. The molecule has 3 aromatic rings. The van der Waals surface area contributed by atoms with Crippen LogP contribution in [-0.4, -0.2) is 50.9 Å².